The first-order chi connectivity index (χ1) is 6.06. The van der Waals surface area contributed by atoms with Gasteiger partial charge in [0, 0.05) is 0 Å². The van der Waals surface area contributed by atoms with Gasteiger partial charge in [-0.1, -0.05) is 0 Å². The highest BCUT2D eigenvalue weighted by Crippen LogP contribution is 2.14. The van der Waals surface area contributed by atoms with Crippen molar-refractivity contribution in [1.82, 2.24) is 4.98 Å². The molecule has 0 aliphatic rings. The summed E-state index contributed by atoms with van der Waals surface area (Å²) >= 11 is 0. The van der Waals surface area contributed by atoms with Crippen molar-refractivity contribution in [1.29, 1.82) is 0 Å². The Balaban J connectivity index is 2.89. The van der Waals surface area contributed by atoms with Crippen molar-refractivity contribution in [3.63, 3.8) is 0 Å². The van der Waals surface area contributed by atoms with E-state index in [1.54, 1.807) is 13.8 Å². The van der Waals surface area contributed by atoms with Crippen LogP contribution in [0.3, 0.4) is 0 Å². The third kappa shape index (κ3) is 1.86. The number of hydrogen-bond acceptors (Lipinski definition) is 5. The summed E-state index contributed by atoms with van der Waals surface area (Å²) in [5.41, 5.74) is 6.23. The number of methoxy groups -OCH3 is 1. The second-order valence-corrected chi connectivity index (χ2v) is 2.69. The van der Waals surface area contributed by atoms with Gasteiger partial charge in [0.05, 0.1) is 12.8 Å². The predicted octanol–water partition coefficient (Wildman–Crippen LogP) is 0.464. The predicted molar refractivity (Wildman–Crippen MR) is 44.9 cm³/mol. The number of hydrogen-bond donors (Lipinski definition) is 1. The number of carbonyl (C=O) groups excluding carboxylic acids is 1. The van der Waals surface area contributed by atoms with Crippen molar-refractivity contribution in [2.45, 2.75) is 19.9 Å². The topological polar surface area (TPSA) is 78.4 Å². The Bertz CT molecular complexity index is 300. The molecule has 5 nitrogen and oxygen atoms in total. The van der Waals surface area contributed by atoms with Gasteiger partial charge in [-0.15, -0.1) is 0 Å². The molecule has 0 bridgehead atoms. The number of esters is 1. The summed E-state index contributed by atoms with van der Waals surface area (Å²) in [5.74, 6) is 0.303. The van der Waals surface area contributed by atoms with Crippen molar-refractivity contribution < 1.29 is 13.9 Å². The highest BCUT2D eigenvalue weighted by Gasteiger charge is 2.22. The van der Waals surface area contributed by atoms with Gasteiger partial charge >= 0.3 is 5.97 Å². The van der Waals surface area contributed by atoms with Gasteiger partial charge in [0.2, 0.25) is 5.89 Å². The maximum absolute atomic E-state index is 11.0. The van der Waals surface area contributed by atoms with E-state index in [4.69, 9.17) is 10.2 Å². The molecular formula is C8H12N2O3. The fraction of sp³-hybridized carbons (Fsp3) is 0.500. The first-order valence-corrected chi connectivity index (χ1v) is 3.83. The van der Waals surface area contributed by atoms with Crippen LogP contribution < -0.4 is 5.73 Å². The minimum Gasteiger partial charge on any atom is -0.467 e. The maximum Gasteiger partial charge on any atom is 0.332 e. The van der Waals surface area contributed by atoms with E-state index in [9.17, 15) is 4.79 Å². The van der Waals surface area contributed by atoms with Gasteiger partial charge in [0.25, 0.3) is 0 Å². The molecule has 1 aromatic rings. The average molecular weight is 184 g/mol. The fourth-order valence-electron chi connectivity index (χ4n) is 0.858. The number of oxazole rings is 1. The summed E-state index contributed by atoms with van der Waals surface area (Å²) in [4.78, 5) is 15.0. The van der Waals surface area contributed by atoms with Crippen LogP contribution in [0.4, 0.5) is 0 Å². The third-order valence-corrected chi connectivity index (χ3v) is 1.77. The van der Waals surface area contributed by atoms with Crippen LogP contribution in [0.25, 0.3) is 0 Å². The van der Waals surface area contributed by atoms with Gasteiger partial charge in [0.1, 0.15) is 5.76 Å². The van der Waals surface area contributed by atoms with Gasteiger partial charge in [0.15, 0.2) is 6.04 Å². The van der Waals surface area contributed by atoms with Crippen molar-refractivity contribution in [3.05, 3.63) is 17.3 Å². The maximum atomic E-state index is 11.0. The Labute approximate surface area is 75.9 Å². The molecule has 13 heavy (non-hydrogen) atoms. The molecule has 1 aromatic heterocycles. The molecular weight excluding hydrogens is 172 g/mol. The zero-order valence-corrected chi connectivity index (χ0v) is 7.83. The van der Waals surface area contributed by atoms with Crippen LogP contribution in [0.5, 0.6) is 0 Å². The molecule has 0 aliphatic carbocycles. The summed E-state index contributed by atoms with van der Waals surface area (Å²) in [6.07, 6.45) is 0. The van der Waals surface area contributed by atoms with E-state index in [2.05, 4.69) is 9.72 Å². The van der Waals surface area contributed by atoms with Gasteiger partial charge in [-0.2, -0.15) is 0 Å². The number of rotatable bonds is 2. The van der Waals surface area contributed by atoms with Crippen molar-refractivity contribution in [3.8, 4) is 0 Å². The van der Waals surface area contributed by atoms with Crippen molar-refractivity contribution >= 4 is 5.97 Å². The molecule has 1 rings (SSSR count). The average Bonchev–Trinajstić information content (AvgIpc) is 2.44. The normalized spacial score (nSPS) is 12.6. The summed E-state index contributed by atoms with van der Waals surface area (Å²) in [6.45, 7) is 3.54. The number of ether oxygens (including phenoxy) is 1. The van der Waals surface area contributed by atoms with E-state index in [1.165, 1.54) is 7.11 Å². The summed E-state index contributed by atoms with van der Waals surface area (Å²) in [6, 6.07) is -0.933. The Kier molecular flexibility index (Phi) is 2.67. The number of nitrogens with zero attached hydrogens (tertiary/aromatic N) is 1. The van der Waals surface area contributed by atoms with E-state index in [-0.39, 0.29) is 5.89 Å². The van der Waals surface area contributed by atoms with Crippen LogP contribution in [-0.4, -0.2) is 18.1 Å². The van der Waals surface area contributed by atoms with E-state index < -0.39 is 12.0 Å². The molecule has 0 saturated carbocycles. The lowest BCUT2D eigenvalue weighted by Gasteiger charge is -2.03. The van der Waals surface area contributed by atoms with Crippen molar-refractivity contribution in [2.75, 3.05) is 7.11 Å². The van der Waals surface area contributed by atoms with Gasteiger partial charge in [-0.05, 0) is 13.8 Å². The van der Waals surface area contributed by atoms with Gasteiger partial charge in [-0.3, -0.25) is 0 Å². The zero-order chi connectivity index (χ0) is 10.0. The Morgan fingerprint density at radius 3 is 2.62 bits per heavy atom. The lowest BCUT2D eigenvalue weighted by atomic mass is 10.3. The molecule has 0 aromatic carbocycles. The van der Waals surface area contributed by atoms with E-state index >= 15 is 0 Å². The molecule has 0 saturated heterocycles. The molecule has 0 amide bonds. The summed E-state index contributed by atoms with van der Waals surface area (Å²) < 4.78 is 9.61. The van der Waals surface area contributed by atoms with Crippen LogP contribution >= 0.6 is 0 Å². The van der Waals surface area contributed by atoms with Gasteiger partial charge < -0.3 is 14.9 Å². The second kappa shape index (κ2) is 3.57. The molecule has 1 atom stereocenters. The van der Waals surface area contributed by atoms with E-state index in [0.29, 0.717) is 5.76 Å². The molecule has 0 aliphatic heterocycles. The van der Waals surface area contributed by atoms with Gasteiger partial charge in [-0.25, -0.2) is 9.78 Å². The number of aromatic nitrogens is 1. The standard InChI is InChI=1S/C8H12N2O3/c1-4-5(2)13-7(10-4)6(9)8(11)12-3/h6H,9H2,1-3H3. The Morgan fingerprint density at radius 1 is 1.62 bits per heavy atom. The monoisotopic (exact) mass is 184 g/mol. The highest BCUT2D eigenvalue weighted by atomic mass is 16.5. The molecule has 1 unspecified atom stereocenters. The zero-order valence-electron chi connectivity index (χ0n) is 7.83. The largest absolute Gasteiger partial charge is 0.467 e. The fourth-order valence-corrected chi connectivity index (χ4v) is 0.858. The van der Waals surface area contributed by atoms with Crippen LogP contribution in [0.1, 0.15) is 23.4 Å². The first kappa shape index (κ1) is 9.73. The molecule has 1 heterocycles. The van der Waals surface area contributed by atoms with E-state index in [1.807, 2.05) is 0 Å². The molecule has 0 radical (unpaired) electrons. The second-order valence-electron chi connectivity index (χ2n) is 2.69. The quantitative estimate of drug-likeness (QED) is 0.675. The molecule has 5 heteroatoms. The smallest absolute Gasteiger partial charge is 0.332 e. The molecule has 0 fully saturated rings. The summed E-state index contributed by atoms with van der Waals surface area (Å²) in [5, 5.41) is 0. The van der Waals surface area contributed by atoms with Crippen molar-refractivity contribution in [2.24, 2.45) is 5.73 Å². The van der Waals surface area contributed by atoms with Crippen LogP contribution in [0, 0.1) is 13.8 Å². The van der Waals surface area contributed by atoms with Crippen LogP contribution in [-0.2, 0) is 9.53 Å². The number of carbonyl (C=O) groups is 1. The van der Waals surface area contributed by atoms with E-state index in [0.717, 1.165) is 5.69 Å². The SMILES string of the molecule is COC(=O)C(N)c1nc(C)c(C)o1. The van der Waals surface area contributed by atoms with Crippen LogP contribution in [0.15, 0.2) is 4.42 Å². The molecule has 72 valence electrons. The minimum atomic E-state index is -0.933. The number of nitrogens with two attached hydrogens (primary N) is 1. The lowest BCUT2D eigenvalue weighted by molar-refractivity contribution is -0.142. The first-order valence-electron chi connectivity index (χ1n) is 3.83. The number of aryl methyl sites for hydroxylation is 2. The Morgan fingerprint density at radius 2 is 2.23 bits per heavy atom. The lowest BCUT2D eigenvalue weighted by Crippen LogP contribution is -2.22. The third-order valence-electron chi connectivity index (χ3n) is 1.77. The molecule has 2 N–H and O–H groups in total. The minimum absolute atomic E-state index is 0.196. The molecule has 0 spiro atoms. The summed E-state index contributed by atoms with van der Waals surface area (Å²) in [7, 11) is 1.27. The van der Waals surface area contributed by atoms with Crippen LogP contribution in [0.2, 0.25) is 0 Å². The highest BCUT2D eigenvalue weighted by molar-refractivity contribution is 5.75. The Hall–Kier alpha value is -1.36.